The van der Waals surface area contributed by atoms with E-state index in [9.17, 15) is 9.59 Å². The van der Waals surface area contributed by atoms with Gasteiger partial charge in [-0.1, -0.05) is 42.5 Å². The fraction of sp³-hybridized carbons (Fsp3) is 0.455. The highest BCUT2D eigenvalue weighted by Crippen LogP contribution is 2.33. The van der Waals surface area contributed by atoms with Gasteiger partial charge in [-0.2, -0.15) is 0 Å². The second kappa shape index (κ2) is 10.7. The molecule has 1 fully saturated rings. The highest BCUT2D eigenvalue weighted by atomic mass is 16.6. The van der Waals surface area contributed by atoms with Gasteiger partial charge in [0.1, 0.15) is 12.2 Å². The van der Waals surface area contributed by atoms with Crippen LogP contribution in [0.15, 0.2) is 55.6 Å². The summed E-state index contributed by atoms with van der Waals surface area (Å²) < 4.78 is 16.7. The van der Waals surface area contributed by atoms with Crippen LogP contribution in [-0.4, -0.2) is 31.3 Å². The van der Waals surface area contributed by atoms with Gasteiger partial charge in [0.15, 0.2) is 6.10 Å². The molecule has 0 amide bonds. The van der Waals surface area contributed by atoms with Crippen LogP contribution >= 0.6 is 0 Å². The number of ether oxygens (including phenoxy) is 3. The zero-order valence-corrected chi connectivity index (χ0v) is 15.8. The van der Waals surface area contributed by atoms with Gasteiger partial charge >= 0.3 is 11.9 Å². The number of cyclic esters (lactones) is 1. The molecule has 4 atom stereocenters. The van der Waals surface area contributed by atoms with Gasteiger partial charge in [-0.25, -0.2) is 4.79 Å². The largest absolute Gasteiger partial charge is 0.462 e. The molecule has 2 rings (SSSR count). The fourth-order valence-corrected chi connectivity index (χ4v) is 3.40. The molecule has 0 bridgehead atoms. The van der Waals surface area contributed by atoms with Gasteiger partial charge in [-0.3, -0.25) is 4.79 Å². The molecular weight excluding hydrogens is 344 g/mol. The molecule has 5 nitrogen and oxygen atoms in total. The molecule has 0 unspecified atom stereocenters. The Labute approximate surface area is 161 Å². The monoisotopic (exact) mass is 372 g/mol. The highest BCUT2D eigenvalue weighted by molar-refractivity contribution is 5.77. The van der Waals surface area contributed by atoms with E-state index in [1.54, 1.807) is 12.2 Å². The van der Waals surface area contributed by atoms with Gasteiger partial charge in [-0.05, 0) is 31.2 Å². The second-order valence-corrected chi connectivity index (χ2v) is 6.63. The van der Waals surface area contributed by atoms with E-state index in [-0.39, 0.29) is 24.4 Å². The molecule has 1 saturated heterocycles. The predicted octanol–water partition coefficient (Wildman–Crippen LogP) is 4.15. The Kier molecular flexibility index (Phi) is 8.27. The number of rotatable bonds is 11. The maximum atomic E-state index is 12.8. The summed E-state index contributed by atoms with van der Waals surface area (Å²) in [5.41, 5.74) is 0.731. The van der Waals surface area contributed by atoms with Gasteiger partial charge in [-0.15, -0.1) is 13.2 Å². The molecule has 0 spiro atoms. The van der Waals surface area contributed by atoms with Crippen molar-refractivity contribution < 1.29 is 23.8 Å². The van der Waals surface area contributed by atoms with Crippen molar-refractivity contribution in [3.63, 3.8) is 0 Å². The average Bonchev–Trinajstić information content (AvgIpc) is 3.05. The van der Waals surface area contributed by atoms with Gasteiger partial charge in [0.2, 0.25) is 0 Å². The number of carbonyl (C=O) groups is 2. The minimum absolute atomic E-state index is 0.172. The maximum Gasteiger partial charge on any atom is 0.340 e. The number of esters is 2. The van der Waals surface area contributed by atoms with Gasteiger partial charge in [0, 0.05) is 13.0 Å². The minimum atomic E-state index is -0.804. The number of hydrogen-bond donors (Lipinski definition) is 0. The summed E-state index contributed by atoms with van der Waals surface area (Å²) in [7, 11) is 1.48. The van der Waals surface area contributed by atoms with E-state index in [1.165, 1.54) is 7.11 Å². The van der Waals surface area contributed by atoms with E-state index in [0.29, 0.717) is 19.3 Å². The number of hydrogen-bond acceptors (Lipinski definition) is 5. The molecule has 1 heterocycles. The number of carbonyl (C=O) groups excluding carboxylic acids is 2. The summed E-state index contributed by atoms with van der Waals surface area (Å²) in [4.78, 5) is 24.7. The molecule has 0 aliphatic carbocycles. The lowest BCUT2D eigenvalue weighted by Gasteiger charge is -2.28. The first kappa shape index (κ1) is 20.9. The first-order chi connectivity index (χ1) is 13.1. The van der Waals surface area contributed by atoms with Crippen molar-refractivity contribution in [2.45, 2.75) is 50.4 Å². The topological polar surface area (TPSA) is 61.8 Å². The van der Waals surface area contributed by atoms with E-state index < -0.39 is 18.2 Å². The van der Waals surface area contributed by atoms with Crippen LogP contribution in [0, 0.1) is 5.92 Å². The third-order valence-electron chi connectivity index (χ3n) is 4.77. The Morgan fingerprint density at radius 1 is 1.26 bits per heavy atom. The molecule has 1 aromatic rings. The van der Waals surface area contributed by atoms with Crippen LogP contribution < -0.4 is 0 Å². The summed E-state index contributed by atoms with van der Waals surface area (Å²) >= 11 is 0. The van der Waals surface area contributed by atoms with Crippen LogP contribution in [0.2, 0.25) is 0 Å². The Balaban J connectivity index is 2.14. The quantitative estimate of drug-likeness (QED) is 0.431. The summed E-state index contributed by atoms with van der Waals surface area (Å²) in [6, 6.07) is 9.21. The van der Waals surface area contributed by atoms with Crippen LogP contribution in [0.3, 0.4) is 0 Å². The van der Waals surface area contributed by atoms with E-state index >= 15 is 0 Å². The van der Waals surface area contributed by atoms with Crippen LogP contribution in [-0.2, 0) is 23.8 Å². The van der Waals surface area contributed by atoms with Crippen LogP contribution in [0.4, 0.5) is 0 Å². The van der Waals surface area contributed by atoms with Crippen LogP contribution in [0.5, 0.6) is 0 Å². The number of allylic oxidation sites excluding steroid dienone is 2. The Hall–Kier alpha value is -2.40. The minimum Gasteiger partial charge on any atom is -0.462 e. The zero-order chi connectivity index (χ0) is 19.6. The number of benzene rings is 1. The standard InChI is InChI=1S/C22H28O5/c1-4-6-13-18-17(15-20(23)26-18)19(14-7-5-2)27-22(24)21(25-3)16-11-9-8-10-12-16/h4-5,8-12,17-19,21H,1-2,6-7,13-15H2,3H3/t17-,18+,19+,21-/m1/s1. The highest BCUT2D eigenvalue weighted by Gasteiger charge is 2.41. The maximum absolute atomic E-state index is 12.8. The molecule has 0 radical (unpaired) electrons. The Morgan fingerprint density at radius 2 is 1.96 bits per heavy atom. The van der Waals surface area contributed by atoms with Gasteiger partial charge < -0.3 is 14.2 Å². The van der Waals surface area contributed by atoms with Crippen molar-refractivity contribution in [2.75, 3.05) is 7.11 Å². The van der Waals surface area contributed by atoms with Crippen molar-refractivity contribution in [1.29, 1.82) is 0 Å². The molecule has 146 valence electrons. The zero-order valence-electron chi connectivity index (χ0n) is 15.8. The van der Waals surface area contributed by atoms with Crippen LogP contribution in [0.25, 0.3) is 0 Å². The lowest BCUT2D eigenvalue weighted by Crippen LogP contribution is -2.34. The van der Waals surface area contributed by atoms with Crippen molar-refractivity contribution >= 4 is 11.9 Å². The Morgan fingerprint density at radius 3 is 2.59 bits per heavy atom. The molecule has 0 saturated carbocycles. The first-order valence-corrected chi connectivity index (χ1v) is 9.30. The smallest absolute Gasteiger partial charge is 0.340 e. The normalized spacial score (nSPS) is 21.1. The number of methoxy groups -OCH3 is 1. The molecule has 1 aliphatic heterocycles. The summed E-state index contributed by atoms with van der Waals surface area (Å²) in [6.45, 7) is 7.46. The second-order valence-electron chi connectivity index (χ2n) is 6.63. The van der Waals surface area contributed by atoms with E-state index in [4.69, 9.17) is 14.2 Å². The SMILES string of the molecule is C=CCC[C@@H]1OC(=O)C[C@H]1[C@H](CCC=C)OC(=O)[C@H](OC)c1ccccc1. The van der Waals surface area contributed by atoms with Gasteiger partial charge in [0.05, 0.1) is 6.42 Å². The van der Waals surface area contributed by atoms with Crippen molar-refractivity contribution in [3.05, 3.63) is 61.2 Å². The van der Waals surface area contributed by atoms with Gasteiger partial charge in [0.25, 0.3) is 0 Å². The van der Waals surface area contributed by atoms with Crippen LogP contribution in [0.1, 0.15) is 43.8 Å². The molecular formula is C22H28O5. The third kappa shape index (κ3) is 5.79. The summed E-state index contributed by atoms with van der Waals surface area (Å²) in [5, 5.41) is 0. The lowest BCUT2D eigenvalue weighted by atomic mass is 9.89. The summed E-state index contributed by atoms with van der Waals surface area (Å²) in [5.74, 6) is -0.880. The third-order valence-corrected chi connectivity index (χ3v) is 4.77. The summed E-state index contributed by atoms with van der Waals surface area (Å²) in [6.07, 6.45) is 5.00. The molecule has 5 heteroatoms. The molecule has 0 N–H and O–H groups in total. The van der Waals surface area contributed by atoms with Crippen molar-refractivity contribution in [2.24, 2.45) is 5.92 Å². The predicted molar refractivity (Wildman–Crippen MR) is 103 cm³/mol. The first-order valence-electron chi connectivity index (χ1n) is 9.30. The van der Waals surface area contributed by atoms with E-state index in [2.05, 4.69) is 13.2 Å². The molecule has 1 aliphatic rings. The fourth-order valence-electron chi connectivity index (χ4n) is 3.40. The molecule has 1 aromatic carbocycles. The van der Waals surface area contributed by atoms with E-state index in [0.717, 1.165) is 12.0 Å². The lowest BCUT2D eigenvalue weighted by molar-refractivity contribution is -0.165. The van der Waals surface area contributed by atoms with Crippen molar-refractivity contribution in [3.8, 4) is 0 Å². The Bertz CT molecular complexity index is 639. The molecule has 0 aromatic heterocycles. The molecule has 27 heavy (non-hydrogen) atoms. The van der Waals surface area contributed by atoms with E-state index in [1.807, 2.05) is 30.3 Å². The average molecular weight is 372 g/mol. The van der Waals surface area contributed by atoms with Crippen molar-refractivity contribution in [1.82, 2.24) is 0 Å².